The summed E-state index contributed by atoms with van der Waals surface area (Å²) in [5.74, 6) is -1.08. The molecule has 2 aromatic heterocycles. The van der Waals surface area contributed by atoms with E-state index in [1.54, 1.807) is 25.2 Å². The van der Waals surface area contributed by atoms with Gasteiger partial charge in [0, 0.05) is 31.0 Å². The van der Waals surface area contributed by atoms with Crippen LogP contribution in [0, 0.1) is 11.7 Å². The Morgan fingerprint density at radius 1 is 1.10 bits per heavy atom. The molecule has 0 aliphatic heterocycles. The zero-order valence-electron chi connectivity index (χ0n) is 22.1. The first-order valence-corrected chi connectivity index (χ1v) is 14.3. The number of nitrogens with two attached hydrogens (primary N) is 1. The van der Waals surface area contributed by atoms with Crippen LogP contribution >= 0.6 is 0 Å². The Kier molecular flexibility index (Phi) is 7.49. The average molecular weight is 582 g/mol. The van der Waals surface area contributed by atoms with Crippen LogP contribution in [0.1, 0.15) is 24.0 Å². The van der Waals surface area contributed by atoms with Crippen LogP contribution in [0.2, 0.25) is 0 Å². The van der Waals surface area contributed by atoms with Crippen molar-refractivity contribution in [2.75, 3.05) is 15.8 Å². The lowest BCUT2D eigenvalue weighted by atomic mass is 10.1. The normalized spacial score (nSPS) is 13.2. The maximum absolute atomic E-state index is 14.3. The summed E-state index contributed by atoms with van der Waals surface area (Å²) in [5.41, 5.74) is 5.38. The lowest BCUT2D eigenvalue weighted by Crippen LogP contribution is -2.43. The number of imidazole rings is 1. The highest BCUT2D eigenvalue weighted by Crippen LogP contribution is 2.31. The van der Waals surface area contributed by atoms with Crippen molar-refractivity contribution >= 4 is 33.1 Å². The third-order valence-electron chi connectivity index (χ3n) is 6.68. The van der Waals surface area contributed by atoms with Crippen LogP contribution in [0.4, 0.5) is 21.6 Å². The zero-order valence-corrected chi connectivity index (χ0v) is 22.9. The summed E-state index contributed by atoms with van der Waals surface area (Å²) in [6.07, 6.45) is 4.39. The van der Waals surface area contributed by atoms with Gasteiger partial charge in [-0.2, -0.15) is 8.42 Å². The predicted octanol–water partition coefficient (Wildman–Crippen LogP) is 1.91. The predicted molar refractivity (Wildman–Crippen MR) is 150 cm³/mol. The summed E-state index contributed by atoms with van der Waals surface area (Å²) >= 11 is 0. The highest BCUT2D eigenvalue weighted by Gasteiger charge is 2.27. The van der Waals surface area contributed by atoms with Gasteiger partial charge in [0.15, 0.2) is 5.03 Å². The Morgan fingerprint density at radius 2 is 1.80 bits per heavy atom. The number of rotatable bonds is 10. The molecule has 0 unspecified atom stereocenters. The molecular weight excluding hydrogens is 553 g/mol. The van der Waals surface area contributed by atoms with Gasteiger partial charge in [-0.3, -0.25) is 23.4 Å². The molecule has 214 valence electrons. The number of sulfonamides is 1. The van der Waals surface area contributed by atoms with E-state index >= 15 is 0 Å². The van der Waals surface area contributed by atoms with E-state index in [1.807, 2.05) is 0 Å². The van der Waals surface area contributed by atoms with E-state index in [0.717, 1.165) is 17.4 Å². The molecule has 4 aromatic rings. The number of benzene rings is 2. The highest BCUT2D eigenvalue weighted by molar-refractivity contribution is 7.92. The summed E-state index contributed by atoms with van der Waals surface area (Å²) in [6.45, 7) is -0.0466. The van der Waals surface area contributed by atoms with Gasteiger partial charge in [-0.15, -0.1) is 0 Å². The van der Waals surface area contributed by atoms with Crippen molar-refractivity contribution < 1.29 is 17.6 Å². The van der Waals surface area contributed by atoms with Crippen LogP contribution in [0.25, 0.3) is 0 Å². The minimum atomic E-state index is -3.88. The second kappa shape index (κ2) is 11.0. The van der Waals surface area contributed by atoms with Gasteiger partial charge in [0.2, 0.25) is 5.91 Å². The smallest absolute Gasteiger partial charge is 0.332 e. The SMILES string of the molecule is Cn1cnc(S(=O)(=O)Nc2ccc(CC(=O)Nc3c(N)n(CC4CC4)c(=O)n(Cc4ccccc4F)c3=O)cc2)c1. The summed E-state index contributed by atoms with van der Waals surface area (Å²) in [5, 5.41) is 2.40. The fourth-order valence-electron chi connectivity index (χ4n) is 4.30. The summed E-state index contributed by atoms with van der Waals surface area (Å²) < 4.78 is 45.4. The van der Waals surface area contributed by atoms with Crippen LogP contribution in [-0.2, 0) is 41.4 Å². The second-order valence-corrected chi connectivity index (χ2v) is 11.6. The number of aryl methyl sites for hydroxylation is 1. The molecule has 14 heteroatoms. The van der Waals surface area contributed by atoms with E-state index in [0.29, 0.717) is 5.56 Å². The van der Waals surface area contributed by atoms with E-state index < -0.39 is 33.0 Å². The monoisotopic (exact) mass is 581 g/mol. The Bertz CT molecular complexity index is 1840. The number of carbonyl (C=O) groups is 1. The first-order chi connectivity index (χ1) is 19.5. The summed E-state index contributed by atoms with van der Waals surface area (Å²) in [7, 11) is -2.23. The molecule has 4 N–H and O–H groups in total. The van der Waals surface area contributed by atoms with Crippen molar-refractivity contribution in [3.63, 3.8) is 0 Å². The number of hydrogen-bond donors (Lipinski definition) is 3. The van der Waals surface area contributed by atoms with Gasteiger partial charge in [-0.05, 0) is 42.5 Å². The van der Waals surface area contributed by atoms with Crippen LogP contribution < -0.4 is 27.0 Å². The first-order valence-electron chi connectivity index (χ1n) is 12.8. The molecule has 1 aliphatic rings. The topological polar surface area (TPSA) is 163 Å². The maximum atomic E-state index is 14.3. The molecule has 2 heterocycles. The van der Waals surface area contributed by atoms with E-state index in [2.05, 4.69) is 15.0 Å². The summed E-state index contributed by atoms with van der Waals surface area (Å²) in [6, 6.07) is 11.9. The van der Waals surface area contributed by atoms with E-state index in [-0.39, 0.29) is 53.2 Å². The van der Waals surface area contributed by atoms with Gasteiger partial charge < -0.3 is 15.6 Å². The van der Waals surface area contributed by atoms with E-state index in [9.17, 15) is 27.2 Å². The van der Waals surface area contributed by atoms with Crippen molar-refractivity contribution in [1.82, 2.24) is 18.7 Å². The second-order valence-electron chi connectivity index (χ2n) is 9.98. The van der Waals surface area contributed by atoms with Crippen LogP contribution in [-0.4, -0.2) is 33.0 Å². The number of nitrogens with zero attached hydrogens (tertiary/aromatic N) is 4. The van der Waals surface area contributed by atoms with Crippen molar-refractivity contribution in [2.45, 2.75) is 37.4 Å². The minimum Gasteiger partial charge on any atom is -0.383 e. The number of nitrogens with one attached hydrogen (secondary N) is 2. The summed E-state index contributed by atoms with van der Waals surface area (Å²) in [4.78, 5) is 43.3. The average Bonchev–Trinajstić information content (AvgIpc) is 3.65. The largest absolute Gasteiger partial charge is 0.383 e. The Morgan fingerprint density at radius 3 is 2.44 bits per heavy atom. The molecule has 1 amide bonds. The number of amides is 1. The number of aromatic nitrogens is 4. The fraction of sp³-hybridized carbons (Fsp3) is 0.259. The van der Waals surface area contributed by atoms with Gasteiger partial charge in [-0.1, -0.05) is 30.3 Å². The molecule has 5 rings (SSSR count). The lowest BCUT2D eigenvalue weighted by molar-refractivity contribution is -0.115. The van der Waals surface area contributed by atoms with Gasteiger partial charge in [-0.25, -0.2) is 14.2 Å². The molecule has 1 fully saturated rings. The van der Waals surface area contributed by atoms with Crippen LogP contribution in [0.3, 0.4) is 0 Å². The fourth-order valence-corrected chi connectivity index (χ4v) is 5.34. The molecule has 41 heavy (non-hydrogen) atoms. The first kappa shape index (κ1) is 27.8. The molecule has 0 spiro atoms. The Labute approximate surface area is 234 Å². The highest BCUT2D eigenvalue weighted by atomic mass is 32.2. The number of carbonyl (C=O) groups excluding carboxylic acids is 1. The molecule has 0 atom stereocenters. The maximum Gasteiger partial charge on any atom is 0.332 e. The zero-order chi connectivity index (χ0) is 29.3. The third kappa shape index (κ3) is 6.22. The molecule has 0 saturated heterocycles. The molecule has 1 saturated carbocycles. The minimum absolute atomic E-state index is 0.135. The molecule has 1 aliphatic carbocycles. The molecule has 0 radical (unpaired) electrons. The molecule has 12 nitrogen and oxygen atoms in total. The van der Waals surface area contributed by atoms with Crippen LogP contribution in [0.5, 0.6) is 0 Å². The van der Waals surface area contributed by atoms with Crippen LogP contribution in [0.15, 0.2) is 75.7 Å². The Hall–Kier alpha value is -4.72. The van der Waals surface area contributed by atoms with E-state index in [1.165, 1.54) is 52.0 Å². The van der Waals surface area contributed by atoms with Gasteiger partial charge in [0.05, 0.1) is 19.3 Å². The number of halogens is 1. The Balaban J connectivity index is 1.36. The van der Waals surface area contributed by atoms with Crippen molar-refractivity contribution in [2.24, 2.45) is 13.0 Å². The number of hydrogen-bond acceptors (Lipinski definition) is 7. The molecular formula is C27H28FN7O5S. The van der Waals surface area contributed by atoms with Gasteiger partial charge in [0.1, 0.15) is 17.3 Å². The third-order valence-corrected chi connectivity index (χ3v) is 7.95. The van der Waals surface area contributed by atoms with Crippen molar-refractivity contribution in [1.29, 1.82) is 0 Å². The standard InChI is InChI=1S/C27H28FN7O5S/c1-33-15-23(30-16-33)41(39,40)32-20-10-8-17(9-11-20)12-22(36)31-24-25(29)34(13-18-6-7-18)27(38)35(26(24)37)14-19-4-2-3-5-21(19)28/h2-5,8-11,15-16,18,32H,6-7,12-14,29H2,1H3,(H,31,36). The van der Waals surface area contributed by atoms with Gasteiger partial charge >= 0.3 is 5.69 Å². The molecule has 2 aromatic carbocycles. The lowest BCUT2D eigenvalue weighted by Gasteiger charge is -2.17. The number of anilines is 3. The van der Waals surface area contributed by atoms with Crippen molar-refractivity contribution in [3.8, 4) is 0 Å². The van der Waals surface area contributed by atoms with Crippen molar-refractivity contribution in [3.05, 3.63) is 98.8 Å². The quantitative estimate of drug-likeness (QED) is 0.258. The molecule has 0 bridgehead atoms. The number of nitrogen functional groups attached to an aromatic ring is 1. The van der Waals surface area contributed by atoms with E-state index in [4.69, 9.17) is 5.73 Å². The van der Waals surface area contributed by atoms with Gasteiger partial charge in [0.25, 0.3) is 15.6 Å².